The van der Waals surface area contributed by atoms with Crippen molar-refractivity contribution in [2.45, 2.75) is 13.8 Å². The van der Waals surface area contributed by atoms with Crippen LogP contribution in [-0.2, 0) is 4.79 Å². The lowest BCUT2D eigenvalue weighted by Gasteiger charge is -2.10. The number of methoxy groups -OCH3 is 1. The van der Waals surface area contributed by atoms with Crippen LogP contribution in [0.3, 0.4) is 0 Å². The Morgan fingerprint density at radius 2 is 1.87 bits per heavy atom. The largest absolute Gasteiger partial charge is 0.496 e. The number of rotatable bonds is 6. The third-order valence-corrected chi connectivity index (χ3v) is 4.71. The van der Waals surface area contributed by atoms with Gasteiger partial charge in [0.25, 0.3) is 5.91 Å². The molecule has 1 amide bonds. The van der Waals surface area contributed by atoms with Crippen LogP contribution in [0.4, 0.5) is 5.69 Å². The summed E-state index contributed by atoms with van der Waals surface area (Å²) in [4.78, 5) is 16.9. The predicted molar refractivity (Wildman–Crippen MR) is 116 cm³/mol. The number of carbonyl (C=O) groups excluding carboxylic acids is 1. The number of aromatic nitrogens is 1. The normalized spacial score (nSPS) is 10.8. The SMILES string of the molecule is COc1ccccc1-c1nc2ccc(NC(=O)COc3cc(C)ccc3C)cc2o1. The van der Waals surface area contributed by atoms with Gasteiger partial charge in [0, 0.05) is 11.8 Å². The zero-order chi connectivity index (χ0) is 21.1. The first kappa shape index (κ1) is 19.5. The minimum atomic E-state index is -0.250. The molecular formula is C24H22N2O4. The van der Waals surface area contributed by atoms with Crippen molar-refractivity contribution >= 4 is 22.7 Å². The second kappa shape index (κ2) is 8.29. The predicted octanol–water partition coefficient (Wildman–Crippen LogP) is 5.14. The molecule has 1 N–H and O–H groups in total. The molecule has 1 aromatic heterocycles. The highest BCUT2D eigenvalue weighted by Gasteiger charge is 2.14. The van der Waals surface area contributed by atoms with E-state index in [1.165, 1.54) is 0 Å². The molecule has 0 aliphatic carbocycles. The van der Waals surface area contributed by atoms with E-state index in [-0.39, 0.29) is 12.5 Å². The molecule has 0 aliphatic rings. The first-order valence-electron chi connectivity index (χ1n) is 9.57. The summed E-state index contributed by atoms with van der Waals surface area (Å²) in [5, 5.41) is 2.83. The maximum atomic E-state index is 12.3. The van der Waals surface area contributed by atoms with Crippen molar-refractivity contribution in [2.75, 3.05) is 19.0 Å². The van der Waals surface area contributed by atoms with Gasteiger partial charge in [-0.05, 0) is 55.3 Å². The van der Waals surface area contributed by atoms with Crippen LogP contribution in [0.5, 0.6) is 11.5 Å². The molecular weight excluding hydrogens is 380 g/mol. The number of ether oxygens (including phenoxy) is 2. The number of para-hydroxylation sites is 1. The summed E-state index contributed by atoms with van der Waals surface area (Å²) in [7, 11) is 1.61. The summed E-state index contributed by atoms with van der Waals surface area (Å²) in [6, 6.07) is 18.8. The Bertz CT molecular complexity index is 1210. The molecule has 0 saturated carbocycles. The molecule has 6 heteroatoms. The Morgan fingerprint density at radius 1 is 1.03 bits per heavy atom. The lowest BCUT2D eigenvalue weighted by molar-refractivity contribution is -0.118. The fraction of sp³-hybridized carbons (Fsp3) is 0.167. The summed E-state index contributed by atoms with van der Waals surface area (Å²) in [5.74, 6) is 1.60. The fourth-order valence-corrected chi connectivity index (χ4v) is 3.14. The summed E-state index contributed by atoms with van der Waals surface area (Å²) in [5.41, 5.74) is 4.71. The molecule has 0 bridgehead atoms. The highest BCUT2D eigenvalue weighted by atomic mass is 16.5. The third kappa shape index (κ3) is 4.12. The monoisotopic (exact) mass is 402 g/mol. The zero-order valence-corrected chi connectivity index (χ0v) is 17.1. The molecule has 0 radical (unpaired) electrons. The zero-order valence-electron chi connectivity index (χ0n) is 17.1. The van der Waals surface area contributed by atoms with Crippen LogP contribution < -0.4 is 14.8 Å². The van der Waals surface area contributed by atoms with Gasteiger partial charge >= 0.3 is 0 Å². The van der Waals surface area contributed by atoms with E-state index in [0.717, 1.165) is 16.7 Å². The van der Waals surface area contributed by atoms with Crippen LogP contribution in [-0.4, -0.2) is 24.6 Å². The van der Waals surface area contributed by atoms with E-state index in [1.54, 1.807) is 25.3 Å². The average molecular weight is 402 g/mol. The smallest absolute Gasteiger partial charge is 0.262 e. The van der Waals surface area contributed by atoms with Gasteiger partial charge in [-0.2, -0.15) is 0 Å². The molecule has 6 nitrogen and oxygen atoms in total. The van der Waals surface area contributed by atoms with Crippen molar-refractivity contribution in [2.24, 2.45) is 0 Å². The average Bonchev–Trinajstić information content (AvgIpc) is 3.17. The van der Waals surface area contributed by atoms with E-state index in [0.29, 0.717) is 34.2 Å². The molecule has 0 unspecified atom stereocenters. The van der Waals surface area contributed by atoms with Gasteiger partial charge in [0.2, 0.25) is 5.89 Å². The van der Waals surface area contributed by atoms with Crippen molar-refractivity contribution in [3.63, 3.8) is 0 Å². The summed E-state index contributed by atoms with van der Waals surface area (Å²) in [6.07, 6.45) is 0. The first-order valence-corrected chi connectivity index (χ1v) is 9.57. The maximum absolute atomic E-state index is 12.3. The number of oxazole rings is 1. The summed E-state index contributed by atoms with van der Waals surface area (Å²) in [6.45, 7) is 3.85. The van der Waals surface area contributed by atoms with E-state index in [4.69, 9.17) is 13.9 Å². The Hall–Kier alpha value is -3.80. The third-order valence-electron chi connectivity index (χ3n) is 4.71. The number of hydrogen-bond donors (Lipinski definition) is 1. The van der Waals surface area contributed by atoms with Crippen LogP contribution in [0.2, 0.25) is 0 Å². The standard InChI is InChI=1S/C24H22N2O4/c1-15-8-9-16(2)21(12-15)29-14-23(27)25-17-10-11-19-22(13-17)30-24(26-19)18-6-4-5-7-20(18)28-3/h4-13H,14H2,1-3H3,(H,25,27). The molecule has 152 valence electrons. The van der Waals surface area contributed by atoms with Gasteiger partial charge in [0.1, 0.15) is 17.0 Å². The molecule has 4 aromatic rings. The van der Waals surface area contributed by atoms with Crippen molar-refractivity contribution in [1.82, 2.24) is 4.98 Å². The highest BCUT2D eigenvalue weighted by molar-refractivity contribution is 5.94. The van der Waals surface area contributed by atoms with E-state index < -0.39 is 0 Å². The molecule has 4 rings (SSSR count). The summed E-state index contributed by atoms with van der Waals surface area (Å²) < 4.78 is 16.9. The lowest BCUT2D eigenvalue weighted by Crippen LogP contribution is -2.20. The molecule has 0 atom stereocenters. The van der Waals surface area contributed by atoms with Gasteiger partial charge in [0.15, 0.2) is 12.2 Å². The van der Waals surface area contributed by atoms with Crippen molar-refractivity contribution in [3.05, 3.63) is 71.8 Å². The Kier molecular flexibility index (Phi) is 5.39. The van der Waals surface area contributed by atoms with Crippen LogP contribution >= 0.6 is 0 Å². The number of carbonyl (C=O) groups is 1. The molecule has 0 saturated heterocycles. The Labute approximate surface area is 174 Å². The van der Waals surface area contributed by atoms with E-state index >= 15 is 0 Å². The van der Waals surface area contributed by atoms with Gasteiger partial charge in [-0.3, -0.25) is 4.79 Å². The van der Waals surface area contributed by atoms with Crippen molar-refractivity contribution in [3.8, 4) is 23.0 Å². The van der Waals surface area contributed by atoms with Crippen molar-refractivity contribution < 1.29 is 18.7 Å². The number of nitrogens with zero attached hydrogens (tertiary/aromatic N) is 1. The van der Waals surface area contributed by atoms with Gasteiger partial charge in [-0.25, -0.2) is 4.98 Å². The minimum absolute atomic E-state index is 0.0782. The van der Waals surface area contributed by atoms with E-state index in [1.807, 2.05) is 56.3 Å². The topological polar surface area (TPSA) is 73.6 Å². The number of hydrogen-bond acceptors (Lipinski definition) is 5. The Morgan fingerprint density at radius 3 is 2.70 bits per heavy atom. The quantitative estimate of drug-likeness (QED) is 0.483. The van der Waals surface area contributed by atoms with Gasteiger partial charge in [-0.15, -0.1) is 0 Å². The maximum Gasteiger partial charge on any atom is 0.262 e. The molecule has 0 fully saturated rings. The number of anilines is 1. The van der Waals surface area contributed by atoms with Gasteiger partial charge in [0.05, 0.1) is 12.7 Å². The molecule has 3 aromatic carbocycles. The van der Waals surface area contributed by atoms with Crippen LogP contribution in [0.1, 0.15) is 11.1 Å². The van der Waals surface area contributed by atoms with Crippen LogP contribution in [0.25, 0.3) is 22.6 Å². The molecule has 1 heterocycles. The highest BCUT2D eigenvalue weighted by Crippen LogP contribution is 2.32. The number of aryl methyl sites for hydroxylation is 2. The first-order chi connectivity index (χ1) is 14.5. The van der Waals surface area contributed by atoms with E-state index in [9.17, 15) is 4.79 Å². The van der Waals surface area contributed by atoms with E-state index in [2.05, 4.69) is 10.3 Å². The number of amides is 1. The minimum Gasteiger partial charge on any atom is -0.496 e. The Balaban J connectivity index is 1.48. The summed E-state index contributed by atoms with van der Waals surface area (Å²) >= 11 is 0. The van der Waals surface area contributed by atoms with Gasteiger partial charge < -0.3 is 19.2 Å². The second-order valence-corrected chi connectivity index (χ2v) is 7.01. The lowest BCUT2D eigenvalue weighted by atomic mass is 10.1. The number of fused-ring (bicyclic) bond motifs is 1. The van der Waals surface area contributed by atoms with Crippen molar-refractivity contribution in [1.29, 1.82) is 0 Å². The second-order valence-electron chi connectivity index (χ2n) is 7.01. The molecule has 0 spiro atoms. The molecule has 0 aliphatic heterocycles. The van der Waals surface area contributed by atoms with Crippen LogP contribution in [0.15, 0.2) is 65.1 Å². The number of benzene rings is 3. The van der Waals surface area contributed by atoms with Crippen LogP contribution in [0, 0.1) is 13.8 Å². The fourth-order valence-electron chi connectivity index (χ4n) is 3.14. The van der Waals surface area contributed by atoms with Gasteiger partial charge in [-0.1, -0.05) is 24.3 Å². The molecule has 30 heavy (non-hydrogen) atoms. The number of nitrogens with one attached hydrogen (secondary N) is 1.